The van der Waals surface area contributed by atoms with E-state index in [2.05, 4.69) is 5.32 Å². The van der Waals surface area contributed by atoms with Crippen LogP contribution >= 0.6 is 0 Å². The number of halogens is 3. The van der Waals surface area contributed by atoms with E-state index in [1.807, 2.05) is 0 Å². The van der Waals surface area contributed by atoms with Crippen LogP contribution in [0.4, 0.5) is 13.2 Å². The van der Waals surface area contributed by atoms with Crippen molar-refractivity contribution in [2.24, 2.45) is 11.3 Å². The van der Waals surface area contributed by atoms with E-state index in [-0.39, 0.29) is 19.1 Å². The van der Waals surface area contributed by atoms with Gasteiger partial charge in [0, 0.05) is 20.2 Å². The lowest BCUT2D eigenvalue weighted by molar-refractivity contribution is -0.155. The molecular formula is C15H25F3N2O2. The van der Waals surface area contributed by atoms with Crippen LogP contribution in [0.15, 0.2) is 0 Å². The Labute approximate surface area is 129 Å². The molecule has 1 aliphatic heterocycles. The first-order valence-electron chi connectivity index (χ1n) is 7.92. The maximum Gasteiger partial charge on any atom is 0.390 e. The van der Waals surface area contributed by atoms with E-state index < -0.39 is 18.0 Å². The number of rotatable bonds is 7. The minimum Gasteiger partial charge on any atom is -0.384 e. The number of piperidine rings is 1. The first-order chi connectivity index (χ1) is 10.4. The van der Waals surface area contributed by atoms with Crippen LogP contribution in [0, 0.1) is 11.3 Å². The van der Waals surface area contributed by atoms with Crippen molar-refractivity contribution in [3.8, 4) is 0 Å². The molecule has 2 rings (SSSR count). The van der Waals surface area contributed by atoms with Crippen molar-refractivity contribution in [3.63, 3.8) is 0 Å². The van der Waals surface area contributed by atoms with Crippen molar-refractivity contribution in [1.82, 2.24) is 10.2 Å². The summed E-state index contributed by atoms with van der Waals surface area (Å²) in [6, 6.07) is 0. The number of nitrogens with one attached hydrogen (secondary N) is 1. The number of hydrogen-bond acceptors (Lipinski definition) is 3. The molecule has 7 heteroatoms. The number of ether oxygens (including phenoxy) is 1. The average molecular weight is 322 g/mol. The lowest BCUT2D eigenvalue weighted by Gasteiger charge is -2.39. The van der Waals surface area contributed by atoms with Crippen LogP contribution < -0.4 is 5.32 Å². The lowest BCUT2D eigenvalue weighted by atomic mass is 9.78. The summed E-state index contributed by atoms with van der Waals surface area (Å²) < 4.78 is 42.9. The maximum atomic E-state index is 12.9. The summed E-state index contributed by atoms with van der Waals surface area (Å²) in [6.07, 6.45) is -1.92. The molecule has 1 heterocycles. The molecule has 2 fully saturated rings. The molecule has 0 radical (unpaired) electrons. The van der Waals surface area contributed by atoms with E-state index in [0.717, 1.165) is 12.8 Å². The fraction of sp³-hybridized carbons (Fsp3) is 0.933. The number of carbonyl (C=O) groups is 1. The molecule has 1 amide bonds. The molecule has 0 atom stereocenters. The second kappa shape index (κ2) is 7.17. The van der Waals surface area contributed by atoms with Crippen LogP contribution in [-0.2, 0) is 9.53 Å². The third kappa shape index (κ3) is 4.84. The Hall–Kier alpha value is -0.820. The Bertz CT molecular complexity index is 372. The highest BCUT2D eigenvalue weighted by Gasteiger charge is 2.44. The zero-order chi connectivity index (χ0) is 16.2. The van der Waals surface area contributed by atoms with Gasteiger partial charge in [-0.25, -0.2) is 0 Å². The summed E-state index contributed by atoms with van der Waals surface area (Å²) >= 11 is 0. The monoisotopic (exact) mass is 322 g/mol. The quantitative estimate of drug-likeness (QED) is 0.781. The number of nitrogens with zero attached hydrogens (tertiary/aromatic N) is 1. The van der Waals surface area contributed by atoms with Crippen LogP contribution in [0.25, 0.3) is 0 Å². The molecule has 0 aromatic heterocycles. The Morgan fingerprint density at radius 3 is 2.45 bits per heavy atom. The van der Waals surface area contributed by atoms with Gasteiger partial charge in [0.15, 0.2) is 0 Å². The van der Waals surface area contributed by atoms with E-state index in [4.69, 9.17) is 4.74 Å². The summed E-state index contributed by atoms with van der Waals surface area (Å²) in [5.74, 6) is 0.213. The van der Waals surface area contributed by atoms with Crippen molar-refractivity contribution in [2.75, 3.05) is 39.9 Å². The molecule has 2 aliphatic rings. The minimum absolute atomic E-state index is 0.160. The van der Waals surface area contributed by atoms with Gasteiger partial charge < -0.3 is 15.0 Å². The molecule has 1 saturated heterocycles. The van der Waals surface area contributed by atoms with Crippen LogP contribution in [0.1, 0.15) is 32.1 Å². The summed E-state index contributed by atoms with van der Waals surface area (Å²) in [7, 11) is 1.54. The standard InChI is InChI=1S/C15H25F3N2O2/c1-22-11-14(4-7-19-8-5-14)13(21)20(10-12-2-3-12)9-6-15(16,17)18/h12,19H,2-11H2,1H3. The molecule has 1 N–H and O–H groups in total. The molecule has 0 unspecified atom stereocenters. The van der Waals surface area contributed by atoms with E-state index in [0.29, 0.717) is 38.4 Å². The number of carbonyl (C=O) groups excluding carboxylic acids is 1. The second-order valence-electron chi connectivity index (χ2n) is 6.52. The minimum atomic E-state index is -4.23. The Morgan fingerprint density at radius 2 is 1.95 bits per heavy atom. The second-order valence-corrected chi connectivity index (χ2v) is 6.52. The van der Waals surface area contributed by atoms with Gasteiger partial charge in [0.25, 0.3) is 0 Å². The van der Waals surface area contributed by atoms with Gasteiger partial charge in [0.05, 0.1) is 18.4 Å². The first-order valence-corrected chi connectivity index (χ1v) is 7.92. The third-order valence-electron chi connectivity index (χ3n) is 4.56. The molecule has 4 nitrogen and oxygen atoms in total. The maximum absolute atomic E-state index is 12.9. The van der Waals surface area contributed by atoms with Crippen molar-refractivity contribution >= 4 is 5.91 Å². The third-order valence-corrected chi connectivity index (χ3v) is 4.56. The number of alkyl halides is 3. The largest absolute Gasteiger partial charge is 0.390 e. The Kier molecular flexibility index (Phi) is 5.71. The van der Waals surface area contributed by atoms with Gasteiger partial charge in [0.1, 0.15) is 0 Å². The van der Waals surface area contributed by atoms with E-state index in [1.165, 1.54) is 12.0 Å². The van der Waals surface area contributed by atoms with Crippen LogP contribution in [0.2, 0.25) is 0 Å². The predicted molar refractivity (Wildman–Crippen MR) is 76.4 cm³/mol. The lowest BCUT2D eigenvalue weighted by Crippen LogP contribution is -2.52. The van der Waals surface area contributed by atoms with Crippen LogP contribution in [0.5, 0.6) is 0 Å². The van der Waals surface area contributed by atoms with Crippen molar-refractivity contribution in [3.05, 3.63) is 0 Å². The van der Waals surface area contributed by atoms with Gasteiger partial charge in [-0.15, -0.1) is 0 Å². The molecule has 128 valence electrons. The number of amides is 1. The highest BCUT2D eigenvalue weighted by Crippen LogP contribution is 2.35. The summed E-state index contributed by atoms with van der Waals surface area (Å²) in [6.45, 7) is 1.89. The van der Waals surface area contributed by atoms with Crippen molar-refractivity contribution in [1.29, 1.82) is 0 Å². The molecule has 0 bridgehead atoms. The van der Waals surface area contributed by atoms with Crippen LogP contribution in [-0.4, -0.2) is 56.9 Å². The smallest absolute Gasteiger partial charge is 0.384 e. The van der Waals surface area contributed by atoms with Gasteiger partial charge in [-0.05, 0) is 44.7 Å². The summed E-state index contributed by atoms with van der Waals surface area (Å²) in [4.78, 5) is 14.4. The zero-order valence-electron chi connectivity index (χ0n) is 13.0. The van der Waals surface area contributed by atoms with Crippen molar-refractivity contribution in [2.45, 2.75) is 38.3 Å². The fourth-order valence-corrected chi connectivity index (χ4v) is 3.09. The highest BCUT2D eigenvalue weighted by atomic mass is 19.4. The Morgan fingerprint density at radius 1 is 1.32 bits per heavy atom. The Balaban J connectivity index is 2.06. The van der Waals surface area contributed by atoms with Gasteiger partial charge in [-0.3, -0.25) is 4.79 Å². The normalized spacial score (nSPS) is 21.6. The van der Waals surface area contributed by atoms with E-state index >= 15 is 0 Å². The summed E-state index contributed by atoms with van der Waals surface area (Å²) in [5.41, 5.74) is -0.666. The molecule has 1 aliphatic carbocycles. The van der Waals surface area contributed by atoms with Gasteiger partial charge in [0.2, 0.25) is 5.91 Å². The zero-order valence-corrected chi connectivity index (χ0v) is 13.0. The number of hydrogen-bond donors (Lipinski definition) is 1. The van der Waals surface area contributed by atoms with E-state index in [9.17, 15) is 18.0 Å². The highest BCUT2D eigenvalue weighted by molar-refractivity contribution is 5.83. The van der Waals surface area contributed by atoms with Crippen molar-refractivity contribution < 1.29 is 22.7 Å². The molecule has 0 aromatic carbocycles. The average Bonchev–Trinajstić information content (AvgIpc) is 3.27. The molecule has 22 heavy (non-hydrogen) atoms. The van der Waals surface area contributed by atoms with Crippen LogP contribution in [0.3, 0.4) is 0 Å². The number of methoxy groups -OCH3 is 1. The molecule has 1 saturated carbocycles. The topological polar surface area (TPSA) is 41.6 Å². The fourth-order valence-electron chi connectivity index (χ4n) is 3.09. The molecular weight excluding hydrogens is 297 g/mol. The van der Waals surface area contributed by atoms with Gasteiger partial charge >= 0.3 is 6.18 Å². The van der Waals surface area contributed by atoms with E-state index in [1.54, 1.807) is 0 Å². The SMILES string of the molecule is COCC1(C(=O)N(CCC(F)(F)F)CC2CC2)CCNCC1. The predicted octanol–water partition coefficient (Wildman–Crippen LogP) is 2.19. The summed E-state index contributed by atoms with van der Waals surface area (Å²) in [5, 5.41) is 3.19. The first kappa shape index (κ1) is 17.5. The van der Waals surface area contributed by atoms with Gasteiger partial charge in [-0.1, -0.05) is 0 Å². The van der Waals surface area contributed by atoms with Gasteiger partial charge in [-0.2, -0.15) is 13.2 Å². The molecule has 0 aromatic rings. The molecule has 0 spiro atoms.